The molecule has 2 aromatic heterocycles. The van der Waals surface area contributed by atoms with E-state index < -0.39 is 0 Å². The zero-order valence-electron chi connectivity index (χ0n) is 14.4. The van der Waals surface area contributed by atoms with E-state index in [2.05, 4.69) is 21.7 Å². The predicted octanol–water partition coefficient (Wildman–Crippen LogP) is 3.95. The highest BCUT2D eigenvalue weighted by Crippen LogP contribution is 2.28. The molecule has 0 aliphatic heterocycles. The van der Waals surface area contributed by atoms with E-state index in [4.69, 9.17) is 9.15 Å². The van der Waals surface area contributed by atoms with Crippen molar-refractivity contribution in [2.75, 3.05) is 7.11 Å². The molecule has 2 heterocycles. The molecule has 0 spiro atoms. The lowest BCUT2D eigenvalue weighted by Crippen LogP contribution is -2.00. The van der Waals surface area contributed by atoms with E-state index in [-0.39, 0.29) is 5.97 Å². The van der Waals surface area contributed by atoms with Crippen LogP contribution in [0, 0.1) is 6.92 Å². The van der Waals surface area contributed by atoms with Crippen molar-refractivity contribution in [3.8, 4) is 11.4 Å². The van der Waals surface area contributed by atoms with Gasteiger partial charge in [-0.15, -0.1) is 10.2 Å². The number of rotatable bonds is 6. The van der Waals surface area contributed by atoms with Crippen LogP contribution in [-0.4, -0.2) is 27.8 Å². The van der Waals surface area contributed by atoms with Gasteiger partial charge in [0.1, 0.15) is 17.1 Å². The van der Waals surface area contributed by atoms with Crippen LogP contribution in [0.25, 0.3) is 11.4 Å². The average Bonchev–Trinajstić information content (AvgIpc) is 3.22. The molecule has 0 aliphatic carbocycles. The van der Waals surface area contributed by atoms with Gasteiger partial charge in [-0.05, 0) is 19.9 Å². The van der Waals surface area contributed by atoms with Crippen molar-refractivity contribution in [3.05, 3.63) is 53.5 Å². The molecule has 7 heteroatoms. The summed E-state index contributed by atoms with van der Waals surface area (Å²) in [6.45, 7) is 4.58. The molecule has 0 aliphatic rings. The van der Waals surface area contributed by atoms with Crippen LogP contribution in [0.15, 0.2) is 46.0 Å². The van der Waals surface area contributed by atoms with Gasteiger partial charge < -0.3 is 13.7 Å². The molecular weight excluding hydrogens is 338 g/mol. The largest absolute Gasteiger partial charge is 0.465 e. The number of thioether (sulfide) groups is 1. The van der Waals surface area contributed by atoms with E-state index >= 15 is 0 Å². The summed E-state index contributed by atoms with van der Waals surface area (Å²) in [6.07, 6.45) is 0. The van der Waals surface area contributed by atoms with E-state index in [0.29, 0.717) is 22.8 Å². The molecule has 0 saturated heterocycles. The number of carbonyl (C=O) groups excluding carboxylic acids is 1. The van der Waals surface area contributed by atoms with Crippen molar-refractivity contribution in [3.63, 3.8) is 0 Å². The summed E-state index contributed by atoms with van der Waals surface area (Å²) in [5.41, 5.74) is 1.49. The van der Waals surface area contributed by atoms with Gasteiger partial charge in [0, 0.05) is 12.1 Å². The van der Waals surface area contributed by atoms with Crippen molar-refractivity contribution in [2.24, 2.45) is 0 Å². The fraction of sp³-hybridized carbons (Fsp3) is 0.278. The number of benzene rings is 1. The Morgan fingerprint density at radius 3 is 2.72 bits per heavy atom. The van der Waals surface area contributed by atoms with Gasteiger partial charge in [0.05, 0.1) is 12.9 Å². The smallest absolute Gasteiger partial charge is 0.341 e. The summed E-state index contributed by atoms with van der Waals surface area (Å²) in [5, 5.41) is 9.44. The summed E-state index contributed by atoms with van der Waals surface area (Å²) in [7, 11) is 1.36. The van der Waals surface area contributed by atoms with Crippen molar-refractivity contribution < 1.29 is 13.9 Å². The minimum absolute atomic E-state index is 0.388. The number of hydrogen-bond acceptors (Lipinski definition) is 6. The van der Waals surface area contributed by atoms with Gasteiger partial charge in [0.2, 0.25) is 0 Å². The Labute approximate surface area is 150 Å². The monoisotopic (exact) mass is 357 g/mol. The molecule has 1 aromatic carbocycles. The highest BCUT2D eigenvalue weighted by molar-refractivity contribution is 7.98. The van der Waals surface area contributed by atoms with E-state index in [1.165, 1.54) is 18.9 Å². The maximum atomic E-state index is 11.7. The number of methoxy groups -OCH3 is 1. The van der Waals surface area contributed by atoms with E-state index in [9.17, 15) is 4.79 Å². The highest BCUT2D eigenvalue weighted by atomic mass is 32.2. The van der Waals surface area contributed by atoms with Gasteiger partial charge in [-0.25, -0.2) is 4.79 Å². The van der Waals surface area contributed by atoms with Crippen LogP contribution in [0.2, 0.25) is 0 Å². The first-order chi connectivity index (χ1) is 12.1. The number of furan rings is 1. The molecule has 130 valence electrons. The zero-order valence-corrected chi connectivity index (χ0v) is 15.2. The van der Waals surface area contributed by atoms with Crippen LogP contribution >= 0.6 is 11.8 Å². The van der Waals surface area contributed by atoms with Gasteiger partial charge in [0.25, 0.3) is 0 Å². The van der Waals surface area contributed by atoms with Crippen LogP contribution < -0.4 is 0 Å². The van der Waals surface area contributed by atoms with Crippen molar-refractivity contribution in [1.82, 2.24) is 14.8 Å². The number of ether oxygens (including phenoxy) is 1. The average molecular weight is 357 g/mol. The Hall–Kier alpha value is -2.54. The van der Waals surface area contributed by atoms with Crippen LogP contribution in [0.1, 0.15) is 28.8 Å². The molecule has 0 fully saturated rings. The molecular formula is C18H19N3O3S. The maximum absolute atomic E-state index is 11.7. The number of carbonyl (C=O) groups is 1. The molecule has 0 unspecified atom stereocenters. The normalized spacial score (nSPS) is 10.8. The molecule has 0 bridgehead atoms. The summed E-state index contributed by atoms with van der Waals surface area (Å²) >= 11 is 1.53. The molecule has 3 rings (SSSR count). The maximum Gasteiger partial charge on any atom is 0.341 e. The van der Waals surface area contributed by atoms with Crippen LogP contribution in [0.3, 0.4) is 0 Å². The lowest BCUT2D eigenvalue weighted by molar-refractivity contribution is 0.0599. The first-order valence-corrected chi connectivity index (χ1v) is 8.91. The Bertz CT molecular complexity index is 871. The first kappa shape index (κ1) is 17.3. The van der Waals surface area contributed by atoms with Gasteiger partial charge in [-0.3, -0.25) is 0 Å². The molecule has 0 amide bonds. The summed E-state index contributed by atoms with van der Waals surface area (Å²) < 4.78 is 12.5. The van der Waals surface area contributed by atoms with Gasteiger partial charge >= 0.3 is 5.97 Å². The third kappa shape index (κ3) is 3.61. The Balaban J connectivity index is 1.78. The standard InChI is InChI=1S/C18H19N3O3S/c1-4-21-16(13-8-6-5-7-9-13)19-20-18(21)25-11-14-10-15(12(2)24-14)17(22)23-3/h5-10H,4,11H2,1-3H3. The number of aromatic nitrogens is 3. The topological polar surface area (TPSA) is 70.2 Å². The fourth-order valence-electron chi connectivity index (χ4n) is 2.54. The number of aryl methyl sites for hydroxylation is 1. The van der Waals surface area contributed by atoms with E-state index in [1.807, 2.05) is 30.3 Å². The molecule has 0 N–H and O–H groups in total. The van der Waals surface area contributed by atoms with Gasteiger partial charge in [0.15, 0.2) is 11.0 Å². The molecule has 25 heavy (non-hydrogen) atoms. The van der Waals surface area contributed by atoms with Crippen molar-refractivity contribution in [1.29, 1.82) is 0 Å². The van der Waals surface area contributed by atoms with Crippen LogP contribution in [0.5, 0.6) is 0 Å². The van der Waals surface area contributed by atoms with Crippen molar-refractivity contribution >= 4 is 17.7 Å². The Morgan fingerprint density at radius 1 is 1.28 bits per heavy atom. The minimum Gasteiger partial charge on any atom is -0.465 e. The number of esters is 1. The lowest BCUT2D eigenvalue weighted by atomic mass is 10.2. The quantitative estimate of drug-likeness (QED) is 0.491. The second kappa shape index (κ2) is 7.57. The summed E-state index contributed by atoms with van der Waals surface area (Å²) in [4.78, 5) is 11.7. The van der Waals surface area contributed by atoms with Crippen LogP contribution in [0.4, 0.5) is 0 Å². The third-order valence-corrected chi connectivity index (χ3v) is 4.77. The molecule has 0 atom stereocenters. The third-order valence-electron chi connectivity index (χ3n) is 3.78. The highest BCUT2D eigenvalue weighted by Gasteiger charge is 2.17. The first-order valence-electron chi connectivity index (χ1n) is 7.93. The predicted molar refractivity (Wildman–Crippen MR) is 95.5 cm³/mol. The molecule has 3 aromatic rings. The molecule has 0 radical (unpaired) electrons. The molecule has 6 nitrogen and oxygen atoms in total. The van der Waals surface area contributed by atoms with Crippen LogP contribution in [-0.2, 0) is 17.0 Å². The Kier molecular flexibility index (Phi) is 5.23. The Morgan fingerprint density at radius 2 is 2.04 bits per heavy atom. The summed E-state index contributed by atoms with van der Waals surface area (Å²) in [6, 6.07) is 11.7. The number of nitrogens with zero attached hydrogens (tertiary/aromatic N) is 3. The molecule has 0 saturated carbocycles. The SMILES string of the molecule is CCn1c(SCc2cc(C(=O)OC)c(C)o2)nnc1-c1ccccc1. The lowest BCUT2D eigenvalue weighted by Gasteiger charge is -2.06. The van der Waals surface area contributed by atoms with Crippen molar-refractivity contribution in [2.45, 2.75) is 31.3 Å². The van der Waals surface area contributed by atoms with Gasteiger partial charge in [-0.2, -0.15) is 0 Å². The van der Waals surface area contributed by atoms with E-state index in [1.54, 1.807) is 13.0 Å². The van der Waals surface area contributed by atoms with E-state index in [0.717, 1.165) is 23.1 Å². The van der Waals surface area contributed by atoms with Gasteiger partial charge in [-0.1, -0.05) is 42.1 Å². The minimum atomic E-state index is -0.388. The second-order valence-corrected chi connectivity index (χ2v) is 6.32. The second-order valence-electron chi connectivity index (χ2n) is 5.38. The summed E-state index contributed by atoms with van der Waals surface area (Å²) in [5.74, 6) is 2.28. The number of hydrogen-bond donors (Lipinski definition) is 0. The fourth-order valence-corrected chi connectivity index (χ4v) is 3.43. The zero-order chi connectivity index (χ0) is 17.8.